The van der Waals surface area contributed by atoms with Gasteiger partial charge in [0, 0.05) is 6.42 Å². The highest BCUT2D eigenvalue weighted by molar-refractivity contribution is 5.76. The maximum absolute atomic E-state index is 13.0. The Morgan fingerprint density at radius 1 is 0.485 bits per heavy atom. The van der Waals surface area contributed by atoms with Crippen LogP contribution in [-0.4, -0.2) is 87.5 Å². The molecule has 1 rings (SSSR count). The van der Waals surface area contributed by atoms with Crippen LogP contribution in [0.2, 0.25) is 0 Å². The molecule has 400 valence electrons. The average Bonchev–Trinajstić information content (AvgIpc) is 3.34. The maximum Gasteiger partial charge on any atom is 0.220 e. The number of unbranched alkanes of at least 4 members (excludes halogenated alkanes) is 36. The summed E-state index contributed by atoms with van der Waals surface area (Å²) in [5, 5.41) is 54.4. The third-order valence-corrected chi connectivity index (χ3v) is 13.9. The topological polar surface area (TPSA) is 149 Å². The summed E-state index contributed by atoms with van der Waals surface area (Å²) in [4.78, 5) is 13.0. The van der Waals surface area contributed by atoms with Gasteiger partial charge < -0.3 is 40.3 Å². The predicted octanol–water partition coefficient (Wildman–Crippen LogP) is 14.4. The third-order valence-electron chi connectivity index (χ3n) is 13.9. The monoisotopic (exact) mass is 962 g/mol. The van der Waals surface area contributed by atoms with Crippen molar-refractivity contribution in [3.8, 4) is 0 Å². The highest BCUT2D eigenvalue weighted by Crippen LogP contribution is 2.23. The van der Waals surface area contributed by atoms with Crippen molar-refractivity contribution < 1.29 is 39.8 Å². The molecule has 6 N–H and O–H groups in total. The van der Waals surface area contributed by atoms with Crippen LogP contribution in [0.5, 0.6) is 0 Å². The van der Waals surface area contributed by atoms with E-state index in [4.69, 9.17) is 9.47 Å². The van der Waals surface area contributed by atoms with Crippen LogP contribution in [0.4, 0.5) is 0 Å². The van der Waals surface area contributed by atoms with Crippen LogP contribution in [0.25, 0.3) is 0 Å². The van der Waals surface area contributed by atoms with Gasteiger partial charge in [-0.25, -0.2) is 0 Å². The number of carbonyl (C=O) groups excluding carboxylic acids is 1. The van der Waals surface area contributed by atoms with Gasteiger partial charge in [-0.2, -0.15) is 0 Å². The Morgan fingerprint density at radius 3 is 1.24 bits per heavy atom. The second-order valence-corrected chi connectivity index (χ2v) is 20.4. The van der Waals surface area contributed by atoms with Crippen LogP contribution in [0.15, 0.2) is 36.5 Å². The van der Waals surface area contributed by atoms with Crippen molar-refractivity contribution in [1.29, 1.82) is 0 Å². The molecule has 7 unspecified atom stereocenters. The number of ether oxygens (including phenoxy) is 2. The Hall–Kier alpha value is -1.59. The molecule has 7 atom stereocenters. The van der Waals surface area contributed by atoms with Crippen molar-refractivity contribution in [2.75, 3.05) is 13.2 Å². The van der Waals surface area contributed by atoms with E-state index in [0.29, 0.717) is 6.42 Å². The van der Waals surface area contributed by atoms with Gasteiger partial charge in [0.05, 0.1) is 25.4 Å². The Balaban J connectivity index is 2.23. The molecule has 0 aromatic rings. The van der Waals surface area contributed by atoms with Crippen molar-refractivity contribution in [3.05, 3.63) is 36.5 Å². The summed E-state index contributed by atoms with van der Waals surface area (Å²) in [5.41, 5.74) is 0. The summed E-state index contributed by atoms with van der Waals surface area (Å²) in [5.74, 6) is -0.187. The summed E-state index contributed by atoms with van der Waals surface area (Å²) in [6.45, 7) is 3.79. The second kappa shape index (κ2) is 49.0. The molecule has 1 saturated heterocycles. The smallest absolute Gasteiger partial charge is 0.220 e. The number of hydrogen-bond donors (Lipinski definition) is 6. The molecule has 0 saturated carbocycles. The summed E-state index contributed by atoms with van der Waals surface area (Å²) in [7, 11) is 0. The third kappa shape index (κ3) is 38.1. The zero-order chi connectivity index (χ0) is 49.4. The molecule has 0 aromatic heterocycles. The van der Waals surface area contributed by atoms with E-state index in [0.717, 1.165) is 44.9 Å². The number of allylic oxidation sites excluding steroid dienone is 5. The van der Waals surface area contributed by atoms with E-state index in [1.54, 1.807) is 6.08 Å². The van der Waals surface area contributed by atoms with Crippen LogP contribution in [0.3, 0.4) is 0 Å². The van der Waals surface area contributed by atoms with Crippen molar-refractivity contribution >= 4 is 5.91 Å². The number of rotatable bonds is 50. The zero-order valence-electron chi connectivity index (χ0n) is 44.4. The SMILES string of the molecule is CCCCCCCCCCCCCCCCCCCCC/C=C/CC/C=C/CC/C=C/C(O)C(COC1OC(CO)C(O)C(O)C1O)NC(=O)CCCCCCCCCCCCCCCCCC. The Kier molecular flexibility index (Phi) is 46.4. The van der Waals surface area contributed by atoms with E-state index < -0.39 is 49.5 Å². The van der Waals surface area contributed by atoms with Crippen molar-refractivity contribution in [2.45, 2.75) is 320 Å². The first-order chi connectivity index (χ1) is 33.3. The molecule has 0 aliphatic carbocycles. The number of aliphatic hydroxyl groups excluding tert-OH is 5. The summed E-state index contributed by atoms with van der Waals surface area (Å²) >= 11 is 0. The highest BCUT2D eigenvalue weighted by atomic mass is 16.7. The lowest BCUT2D eigenvalue weighted by atomic mass is 9.99. The first kappa shape index (κ1) is 64.4. The van der Waals surface area contributed by atoms with E-state index in [2.05, 4.69) is 43.5 Å². The molecule has 68 heavy (non-hydrogen) atoms. The Labute approximate surface area is 419 Å². The standard InChI is InChI=1S/C59H111NO8/c1-3-5-7-9-11-13-15-17-19-21-22-23-24-25-26-27-28-29-30-31-32-33-34-36-38-40-42-44-46-48-53(62)52(51-67-59-58(66)57(65)56(64)54(50-61)68-59)60-55(63)49-47-45-43-41-39-37-35-20-18-16-14-12-10-8-6-4-2/h32-33,38,40,46,48,52-54,56-59,61-62,64-66H,3-31,34-37,39,41-45,47,49-51H2,1-2H3,(H,60,63)/b33-32+,40-38+,48-46+. The number of amides is 1. The van der Waals surface area contributed by atoms with E-state index >= 15 is 0 Å². The average molecular weight is 963 g/mol. The number of nitrogens with one attached hydrogen (secondary N) is 1. The van der Waals surface area contributed by atoms with Gasteiger partial charge in [-0.3, -0.25) is 4.79 Å². The molecule has 0 bridgehead atoms. The van der Waals surface area contributed by atoms with Gasteiger partial charge >= 0.3 is 0 Å². The van der Waals surface area contributed by atoms with Gasteiger partial charge in [0.15, 0.2) is 6.29 Å². The molecule has 1 amide bonds. The minimum atomic E-state index is -1.57. The Morgan fingerprint density at radius 2 is 0.838 bits per heavy atom. The Bertz CT molecular complexity index is 1160. The van der Waals surface area contributed by atoms with Crippen molar-refractivity contribution in [2.24, 2.45) is 0 Å². The minimum absolute atomic E-state index is 0.187. The van der Waals surface area contributed by atoms with Crippen LogP contribution >= 0.6 is 0 Å². The van der Waals surface area contributed by atoms with Gasteiger partial charge in [-0.1, -0.05) is 262 Å². The summed E-state index contributed by atoms with van der Waals surface area (Å²) in [6, 6.07) is -0.826. The summed E-state index contributed by atoms with van der Waals surface area (Å²) < 4.78 is 11.2. The molecule has 1 aliphatic heterocycles. The molecule has 1 fully saturated rings. The van der Waals surface area contributed by atoms with Gasteiger partial charge in [0.2, 0.25) is 5.91 Å². The molecule has 9 heteroatoms. The van der Waals surface area contributed by atoms with E-state index in [9.17, 15) is 30.3 Å². The molecular weight excluding hydrogens is 851 g/mol. The van der Waals surface area contributed by atoms with Gasteiger partial charge in [-0.05, 0) is 44.9 Å². The van der Waals surface area contributed by atoms with E-state index in [1.807, 2.05) is 6.08 Å². The highest BCUT2D eigenvalue weighted by Gasteiger charge is 2.44. The quantitative estimate of drug-likeness (QED) is 0.0261. The largest absolute Gasteiger partial charge is 0.394 e. The maximum atomic E-state index is 13.0. The fraction of sp³-hybridized carbons (Fsp3) is 0.881. The van der Waals surface area contributed by atoms with Gasteiger partial charge in [-0.15, -0.1) is 0 Å². The fourth-order valence-corrected chi connectivity index (χ4v) is 9.31. The van der Waals surface area contributed by atoms with Crippen molar-refractivity contribution in [1.82, 2.24) is 5.32 Å². The van der Waals surface area contributed by atoms with E-state index in [-0.39, 0.29) is 12.5 Å². The molecular formula is C59H111NO8. The fourth-order valence-electron chi connectivity index (χ4n) is 9.31. The molecule has 9 nitrogen and oxygen atoms in total. The molecule has 0 radical (unpaired) electrons. The summed E-state index contributed by atoms with van der Waals surface area (Å²) in [6.07, 6.45) is 56.5. The minimum Gasteiger partial charge on any atom is -0.394 e. The van der Waals surface area contributed by atoms with Crippen LogP contribution in [0, 0.1) is 0 Å². The normalized spacial score (nSPS) is 19.8. The van der Waals surface area contributed by atoms with Crippen LogP contribution < -0.4 is 5.32 Å². The van der Waals surface area contributed by atoms with Gasteiger partial charge in [0.1, 0.15) is 24.4 Å². The number of carbonyl (C=O) groups is 1. The lowest BCUT2D eigenvalue weighted by Gasteiger charge is -2.40. The second-order valence-electron chi connectivity index (χ2n) is 20.4. The van der Waals surface area contributed by atoms with Crippen LogP contribution in [-0.2, 0) is 14.3 Å². The predicted molar refractivity (Wildman–Crippen MR) is 286 cm³/mol. The first-order valence-electron chi connectivity index (χ1n) is 29.2. The van der Waals surface area contributed by atoms with E-state index in [1.165, 1.54) is 212 Å². The zero-order valence-corrected chi connectivity index (χ0v) is 44.4. The van der Waals surface area contributed by atoms with Gasteiger partial charge in [0.25, 0.3) is 0 Å². The molecule has 1 heterocycles. The lowest BCUT2D eigenvalue weighted by molar-refractivity contribution is -0.302. The number of aliphatic hydroxyl groups is 5. The lowest BCUT2D eigenvalue weighted by Crippen LogP contribution is -2.60. The van der Waals surface area contributed by atoms with Crippen LogP contribution in [0.1, 0.15) is 277 Å². The molecule has 1 aliphatic rings. The first-order valence-corrected chi connectivity index (χ1v) is 29.2. The van der Waals surface area contributed by atoms with Crippen molar-refractivity contribution in [3.63, 3.8) is 0 Å². The molecule has 0 spiro atoms. The number of hydrogen-bond acceptors (Lipinski definition) is 8. The molecule has 0 aromatic carbocycles.